The third kappa shape index (κ3) is 3.71. The summed E-state index contributed by atoms with van der Waals surface area (Å²) in [6.45, 7) is 4.05. The van der Waals surface area contributed by atoms with Crippen LogP contribution in [0.25, 0.3) is 0 Å². The highest BCUT2D eigenvalue weighted by Crippen LogP contribution is 2.37. The Morgan fingerprint density at radius 1 is 1.23 bits per heavy atom. The van der Waals surface area contributed by atoms with Gasteiger partial charge < -0.3 is 25.0 Å². The number of methoxy groups -OCH3 is 2. The van der Waals surface area contributed by atoms with Gasteiger partial charge in [-0.05, 0) is 42.9 Å². The summed E-state index contributed by atoms with van der Waals surface area (Å²) >= 11 is 0. The Hall–Kier alpha value is -2.44. The monoisotopic (exact) mass is 361 g/mol. The number of amides is 3. The predicted molar refractivity (Wildman–Crippen MR) is 97.4 cm³/mol. The van der Waals surface area contributed by atoms with E-state index >= 15 is 0 Å². The van der Waals surface area contributed by atoms with E-state index < -0.39 is 0 Å². The van der Waals surface area contributed by atoms with E-state index in [1.807, 2.05) is 30.0 Å². The first-order valence-corrected chi connectivity index (χ1v) is 9.00. The molecule has 2 aliphatic heterocycles. The molecule has 1 aromatic carbocycles. The van der Waals surface area contributed by atoms with Gasteiger partial charge in [0.2, 0.25) is 5.91 Å². The summed E-state index contributed by atoms with van der Waals surface area (Å²) in [5, 5.41) is 5.97. The lowest BCUT2D eigenvalue weighted by molar-refractivity contribution is -0.119. The van der Waals surface area contributed by atoms with E-state index in [-0.39, 0.29) is 23.4 Å². The molecular weight excluding hydrogens is 334 g/mol. The number of hydrogen-bond acceptors (Lipinski definition) is 4. The second kappa shape index (κ2) is 7.43. The van der Waals surface area contributed by atoms with Crippen LogP contribution in [0.15, 0.2) is 18.2 Å². The topological polar surface area (TPSA) is 79.9 Å². The Balaban J connectivity index is 1.57. The van der Waals surface area contributed by atoms with Crippen molar-refractivity contribution in [2.24, 2.45) is 5.41 Å². The molecule has 7 nitrogen and oxygen atoms in total. The second-order valence-corrected chi connectivity index (χ2v) is 7.23. The number of benzene rings is 1. The van der Waals surface area contributed by atoms with Crippen molar-refractivity contribution in [1.29, 1.82) is 0 Å². The molecule has 1 atom stereocenters. The highest BCUT2D eigenvalue weighted by atomic mass is 16.5. The number of carbonyl (C=O) groups excluding carboxylic acids is 2. The number of urea groups is 1. The molecule has 26 heavy (non-hydrogen) atoms. The van der Waals surface area contributed by atoms with Gasteiger partial charge in [-0.3, -0.25) is 4.79 Å². The molecule has 2 heterocycles. The van der Waals surface area contributed by atoms with Gasteiger partial charge in [0.15, 0.2) is 11.5 Å². The molecule has 0 aliphatic carbocycles. The molecule has 0 saturated carbocycles. The van der Waals surface area contributed by atoms with E-state index in [4.69, 9.17) is 9.47 Å². The average Bonchev–Trinajstić information content (AvgIpc) is 3.01. The lowest BCUT2D eigenvalue weighted by atomic mass is 9.78. The number of rotatable bonds is 4. The Morgan fingerprint density at radius 3 is 2.50 bits per heavy atom. The van der Waals surface area contributed by atoms with Gasteiger partial charge in [-0.25, -0.2) is 4.79 Å². The molecule has 0 bridgehead atoms. The first-order chi connectivity index (χ1) is 12.5. The van der Waals surface area contributed by atoms with Crippen LogP contribution in [0.4, 0.5) is 4.79 Å². The Bertz CT molecular complexity index is 683. The van der Waals surface area contributed by atoms with Crippen LogP contribution in [0.1, 0.15) is 37.8 Å². The molecular formula is C19H27N3O4. The summed E-state index contributed by atoms with van der Waals surface area (Å²) in [4.78, 5) is 26.0. The van der Waals surface area contributed by atoms with Gasteiger partial charge in [-0.2, -0.15) is 0 Å². The Kier molecular flexibility index (Phi) is 5.25. The molecule has 1 aromatic rings. The SMILES string of the molecule is COc1ccc(C(C)NC(=O)N2CCC3(CC2)CNC(=O)C3)cc1OC. The maximum Gasteiger partial charge on any atom is 0.317 e. The van der Waals surface area contributed by atoms with Crippen molar-refractivity contribution in [2.75, 3.05) is 33.9 Å². The number of ether oxygens (including phenoxy) is 2. The van der Waals surface area contributed by atoms with Crippen LogP contribution >= 0.6 is 0 Å². The van der Waals surface area contributed by atoms with E-state index in [0.717, 1.165) is 24.9 Å². The van der Waals surface area contributed by atoms with Gasteiger partial charge in [-0.15, -0.1) is 0 Å². The highest BCUT2D eigenvalue weighted by molar-refractivity contribution is 5.79. The van der Waals surface area contributed by atoms with Crippen LogP contribution in [0.2, 0.25) is 0 Å². The minimum Gasteiger partial charge on any atom is -0.493 e. The molecule has 0 aromatic heterocycles. The first kappa shape index (κ1) is 18.4. The molecule has 3 amide bonds. The molecule has 2 aliphatic rings. The van der Waals surface area contributed by atoms with Crippen molar-refractivity contribution in [2.45, 2.75) is 32.2 Å². The smallest absolute Gasteiger partial charge is 0.317 e. The average molecular weight is 361 g/mol. The van der Waals surface area contributed by atoms with Crippen molar-refractivity contribution in [1.82, 2.24) is 15.5 Å². The van der Waals surface area contributed by atoms with E-state index in [9.17, 15) is 9.59 Å². The van der Waals surface area contributed by atoms with Crippen LogP contribution in [0, 0.1) is 5.41 Å². The fourth-order valence-corrected chi connectivity index (χ4v) is 3.77. The van der Waals surface area contributed by atoms with Crippen molar-refractivity contribution in [3.63, 3.8) is 0 Å². The Labute approximate surface area is 154 Å². The van der Waals surface area contributed by atoms with Gasteiger partial charge in [0.05, 0.1) is 20.3 Å². The van der Waals surface area contributed by atoms with Crippen molar-refractivity contribution >= 4 is 11.9 Å². The lowest BCUT2D eigenvalue weighted by Gasteiger charge is -2.38. The number of carbonyl (C=O) groups is 2. The van der Waals surface area contributed by atoms with Crippen LogP contribution in [-0.4, -0.2) is 50.7 Å². The largest absolute Gasteiger partial charge is 0.493 e. The van der Waals surface area contributed by atoms with Gasteiger partial charge in [-0.1, -0.05) is 6.07 Å². The minimum absolute atomic E-state index is 0.0445. The van der Waals surface area contributed by atoms with Crippen LogP contribution in [-0.2, 0) is 4.79 Å². The molecule has 2 fully saturated rings. The molecule has 0 radical (unpaired) electrons. The van der Waals surface area contributed by atoms with Crippen LogP contribution in [0.3, 0.4) is 0 Å². The maximum atomic E-state index is 12.6. The highest BCUT2D eigenvalue weighted by Gasteiger charge is 2.41. The summed E-state index contributed by atoms with van der Waals surface area (Å²) < 4.78 is 10.6. The van der Waals surface area contributed by atoms with E-state index in [0.29, 0.717) is 31.0 Å². The minimum atomic E-state index is -0.145. The fourth-order valence-electron chi connectivity index (χ4n) is 3.77. The number of nitrogens with zero attached hydrogens (tertiary/aromatic N) is 1. The van der Waals surface area contributed by atoms with E-state index in [2.05, 4.69) is 10.6 Å². The molecule has 2 saturated heterocycles. The molecule has 1 unspecified atom stereocenters. The third-order valence-electron chi connectivity index (χ3n) is 5.56. The number of nitrogens with one attached hydrogen (secondary N) is 2. The summed E-state index contributed by atoms with van der Waals surface area (Å²) in [5.41, 5.74) is 0.998. The van der Waals surface area contributed by atoms with E-state index in [1.54, 1.807) is 14.2 Å². The maximum absolute atomic E-state index is 12.6. The van der Waals surface area contributed by atoms with Gasteiger partial charge in [0.1, 0.15) is 0 Å². The zero-order chi connectivity index (χ0) is 18.7. The second-order valence-electron chi connectivity index (χ2n) is 7.23. The third-order valence-corrected chi connectivity index (χ3v) is 5.56. The zero-order valence-electron chi connectivity index (χ0n) is 15.6. The van der Waals surface area contributed by atoms with Gasteiger partial charge in [0.25, 0.3) is 0 Å². The summed E-state index contributed by atoms with van der Waals surface area (Å²) in [6, 6.07) is 5.43. The summed E-state index contributed by atoms with van der Waals surface area (Å²) in [5.74, 6) is 1.44. The molecule has 142 valence electrons. The van der Waals surface area contributed by atoms with Crippen molar-refractivity contribution in [3.05, 3.63) is 23.8 Å². The Morgan fingerprint density at radius 2 is 1.92 bits per heavy atom. The molecule has 1 spiro atoms. The van der Waals surface area contributed by atoms with Crippen LogP contribution < -0.4 is 20.1 Å². The van der Waals surface area contributed by atoms with Gasteiger partial charge >= 0.3 is 6.03 Å². The molecule has 2 N–H and O–H groups in total. The quantitative estimate of drug-likeness (QED) is 0.860. The standard InChI is InChI=1S/C19H27N3O4/c1-13(14-4-5-15(25-2)16(10-14)26-3)21-18(24)22-8-6-19(7-9-22)11-17(23)20-12-19/h4-5,10,13H,6-9,11-12H2,1-3H3,(H,20,23)(H,21,24). The fraction of sp³-hybridized carbons (Fsp3) is 0.579. The predicted octanol–water partition coefficient (Wildman–Crippen LogP) is 2.08. The summed E-state index contributed by atoms with van der Waals surface area (Å²) in [6.07, 6.45) is 2.32. The van der Waals surface area contributed by atoms with Gasteiger partial charge in [0, 0.05) is 26.1 Å². The summed E-state index contributed by atoms with van der Waals surface area (Å²) in [7, 11) is 3.19. The van der Waals surface area contributed by atoms with Crippen molar-refractivity contribution < 1.29 is 19.1 Å². The number of likely N-dealkylation sites (tertiary alicyclic amines) is 1. The van der Waals surface area contributed by atoms with E-state index in [1.165, 1.54) is 0 Å². The first-order valence-electron chi connectivity index (χ1n) is 9.00. The molecule has 7 heteroatoms. The normalized spacial score (nSPS) is 19.8. The number of hydrogen-bond donors (Lipinski definition) is 2. The van der Waals surface area contributed by atoms with Crippen molar-refractivity contribution in [3.8, 4) is 11.5 Å². The molecule has 3 rings (SSSR count). The zero-order valence-corrected chi connectivity index (χ0v) is 15.6. The van der Waals surface area contributed by atoms with Crippen LogP contribution in [0.5, 0.6) is 11.5 Å². The number of piperidine rings is 1. The lowest BCUT2D eigenvalue weighted by Crippen LogP contribution is -2.48.